The summed E-state index contributed by atoms with van der Waals surface area (Å²) in [6.45, 7) is 0.683. The van der Waals surface area contributed by atoms with Crippen LogP contribution in [0.15, 0.2) is 18.2 Å². The highest BCUT2D eigenvalue weighted by molar-refractivity contribution is 7.80. The van der Waals surface area contributed by atoms with E-state index in [2.05, 4.69) is 17.9 Å². The number of rotatable bonds is 4. The molecule has 0 aromatic heterocycles. The number of hydrogen-bond acceptors (Lipinski definition) is 3. The van der Waals surface area contributed by atoms with Crippen molar-refractivity contribution in [2.24, 2.45) is 0 Å². The molecule has 1 aromatic carbocycles. The Morgan fingerprint density at radius 2 is 2.31 bits per heavy atom. The quantitative estimate of drug-likeness (QED) is 0.728. The van der Waals surface area contributed by atoms with E-state index < -0.39 is 0 Å². The lowest BCUT2D eigenvalue weighted by Gasteiger charge is -2.09. The first-order valence-corrected chi connectivity index (χ1v) is 4.59. The van der Waals surface area contributed by atoms with E-state index in [1.807, 2.05) is 0 Å². The summed E-state index contributed by atoms with van der Waals surface area (Å²) in [7, 11) is 1.55. The van der Waals surface area contributed by atoms with Crippen molar-refractivity contribution in [2.45, 2.75) is 0 Å². The summed E-state index contributed by atoms with van der Waals surface area (Å²) >= 11 is 4.04. The Bertz CT molecular complexity index is 280. The molecule has 2 nitrogen and oxygen atoms in total. The molecule has 0 fully saturated rings. The second-order valence-electron chi connectivity index (χ2n) is 2.49. The minimum absolute atomic E-state index is 0.275. The van der Waals surface area contributed by atoms with Gasteiger partial charge in [0.1, 0.15) is 11.6 Å². The van der Waals surface area contributed by atoms with Gasteiger partial charge in [0, 0.05) is 18.4 Å². The van der Waals surface area contributed by atoms with Gasteiger partial charge in [-0.25, -0.2) is 4.39 Å². The van der Waals surface area contributed by atoms with Gasteiger partial charge >= 0.3 is 0 Å². The maximum atomic E-state index is 12.8. The highest BCUT2D eigenvalue weighted by Crippen LogP contribution is 2.24. The minimum Gasteiger partial charge on any atom is -0.495 e. The Morgan fingerprint density at radius 3 is 2.92 bits per heavy atom. The van der Waals surface area contributed by atoms with Crippen molar-refractivity contribution in [1.82, 2.24) is 0 Å². The Hall–Kier alpha value is -0.900. The summed E-state index contributed by atoms with van der Waals surface area (Å²) in [5.74, 6) is 1.06. The van der Waals surface area contributed by atoms with E-state index in [9.17, 15) is 4.39 Å². The Morgan fingerprint density at radius 1 is 1.54 bits per heavy atom. The van der Waals surface area contributed by atoms with E-state index in [1.165, 1.54) is 12.1 Å². The predicted octanol–water partition coefficient (Wildman–Crippen LogP) is 2.18. The molecule has 1 rings (SSSR count). The normalized spacial score (nSPS) is 9.77. The molecule has 72 valence electrons. The molecule has 0 saturated heterocycles. The number of ether oxygens (including phenoxy) is 1. The zero-order chi connectivity index (χ0) is 9.68. The van der Waals surface area contributed by atoms with Gasteiger partial charge in [-0.05, 0) is 12.1 Å². The van der Waals surface area contributed by atoms with E-state index >= 15 is 0 Å². The summed E-state index contributed by atoms with van der Waals surface area (Å²) < 4.78 is 17.8. The minimum atomic E-state index is -0.275. The molecule has 0 saturated carbocycles. The van der Waals surface area contributed by atoms with Crippen LogP contribution in [0.2, 0.25) is 0 Å². The zero-order valence-electron chi connectivity index (χ0n) is 7.38. The Kier molecular flexibility index (Phi) is 3.89. The van der Waals surface area contributed by atoms with Gasteiger partial charge in [0.25, 0.3) is 0 Å². The molecule has 13 heavy (non-hydrogen) atoms. The first-order valence-electron chi connectivity index (χ1n) is 3.96. The van der Waals surface area contributed by atoms with Crippen LogP contribution in [-0.4, -0.2) is 19.4 Å². The summed E-state index contributed by atoms with van der Waals surface area (Å²) in [6, 6.07) is 4.36. The molecule has 1 N–H and O–H groups in total. The third-order valence-corrected chi connectivity index (χ3v) is 1.81. The molecular weight excluding hydrogens is 189 g/mol. The summed E-state index contributed by atoms with van der Waals surface area (Å²) in [4.78, 5) is 0. The monoisotopic (exact) mass is 201 g/mol. The first kappa shape index (κ1) is 10.2. The number of halogens is 1. The molecule has 4 heteroatoms. The van der Waals surface area contributed by atoms with Gasteiger partial charge in [-0.15, -0.1) is 0 Å². The lowest BCUT2D eigenvalue weighted by molar-refractivity contribution is 0.415. The number of methoxy groups -OCH3 is 1. The molecule has 0 spiro atoms. The van der Waals surface area contributed by atoms with Crippen LogP contribution in [0.3, 0.4) is 0 Å². The molecule has 0 atom stereocenters. The van der Waals surface area contributed by atoms with Crippen molar-refractivity contribution >= 4 is 18.3 Å². The second kappa shape index (κ2) is 4.97. The van der Waals surface area contributed by atoms with Crippen molar-refractivity contribution < 1.29 is 9.13 Å². The topological polar surface area (TPSA) is 21.3 Å². The third-order valence-electron chi connectivity index (χ3n) is 1.59. The molecule has 0 amide bonds. The lowest BCUT2D eigenvalue weighted by Crippen LogP contribution is -2.04. The van der Waals surface area contributed by atoms with Crippen LogP contribution in [0.1, 0.15) is 0 Å². The SMILES string of the molecule is COc1ccc(F)cc1NCCS. The lowest BCUT2D eigenvalue weighted by atomic mass is 10.3. The van der Waals surface area contributed by atoms with Crippen molar-refractivity contribution in [3.05, 3.63) is 24.0 Å². The van der Waals surface area contributed by atoms with Crippen LogP contribution in [0.5, 0.6) is 5.75 Å². The van der Waals surface area contributed by atoms with E-state index in [0.29, 0.717) is 23.7 Å². The number of nitrogens with one attached hydrogen (secondary N) is 1. The number of benzene rings is 1. The standard InChI is InChI=1S/C9H12FNOS/c1-12-9-3-2-7(10)6-8(9)11-4-5-13/h2-3,6,11,13H,4-5H2,1H3. The summed E-state index contributed by atoms with van der Waals surface area (Å²) in [5.41, 5.74) is 0.663. The molecule has 0 aliphatic heterocycles. The smallest absolute Gasteiger partial charge is 0.142 e. The average molecular weight is 201 g/mol. The third kappa shape index (κ3) is 2.81. The van der Waals surface area contributed by atoms with Crippen LogP contribution in [0, 0.1) is 5.82 Å². The van der Waals surface area contributed by atoms with Gasteiger partial charge in [-0.3, -0.25) is 0 Å². The molecule has 0 aliphatic carbocycles. The second-order valence-corrected chi connectivity index (χ2v) is 2.94. The van der Waals surface area contributed by atoms with Crippen LogP contribution in [0.4, 0.5) is 10.1 Å². The van der Waals surface area contributed by atoms with Crippen molar-refractivity contribution in [2.75, 3.05) is 24.7 Å². The van der Waals surface area contributed by atoms with E-state index in [0.717, 1.165) is 0 Å². The van der Waals surface area contributed by atoms with E-state index in [-0.39, 0.29) is 5.82 Å². The van der Waals surface area contributed by atoms with Crippen LogP contribution in [0.25, 0.3) is 0 Å². The molecule has 0 bridgehead atoms. The number of anilines is 1. The molecule has 0 radical (unpaired) electrons. The first-order chi connectivity index (χ1) is 6.27. The fourth-order valence-electron chi connectivity index (χ4n) is 1.01. The van der Waals surface area contributed by atoms with Crippen molar-refractivity contribution in [1.29, 1.82) is 0 Å². The van der Waals surface area contributed by atoms with Gasteiger partial charge in [0.05, 0.1) is 12.8 Å². The highest BCUT2D eigenvalue weighted by atomic mass is 32.1. The highest BCUT2D eigenvalue weighted by Gasteiger charge is 2.02. The molecule has 0 heterocycles. The Labute approximate surface area is 82.5 Å². The maximum absolute atomic E-state index is 12.8. The van der Waals surface area contributed by atoms with Crippen LogP contribution < -0.4 is 10.1 Å². The average Bonchev–Trinajstić information content (AvgIpc) is 2.15. The van der Waals surface area contributed by atoms with E-state index in [4.69, 9.17) is 4.74 Å². The number of thiol groups is 1. The van der Waals surface area contributed by atoms with Crippen molar-refractivity contribution in [3.8, 4) is 5.75 Å². The maximum Gasteiger partial charge on any atom is 0.142 e. The molecule has 0 unspecified atom stereocenters. The van der Waals surface area contributed by atoms with Gasteiger partial charge in [-0.2, -0.15) is 12.6 Å². The zero-order valence-corrected chi connectivity index (χ0v) is 8.27. The van der Waals surface area contributed by atoms with Crippen LogP contribution in [-0.2, 0) is 0 Å². The van der Waals surface area contributed by atoms with Gasteiger partial charge in [-0.1, -0.05) is 0 Å². The summed E-state index contributed by atoms with van der Waals surface area (Å²) in [5, 5.41) is 3.01. The van der Waals surface area contributed by atoms with Crippen molar-refractivity contribution in [3.63, 3.8) is 0 Å². The largest absolute Gasteiger partial charge is 0.495 e. The summed E-state index contributed by atoms with van der Waals surface area (Å²) in [6.07, 6.45) is 0. The van der Waals surface area contributed by atoms with Gasteiger partial charge in [0.2, 0.25) is 0 Å². The van der Waals surface area contributed by atoms with Gasteiger partial charge < -0.3 is 10.1 Å². The van der Waals surface area contributed by atoms with E-state index in [1.54, 1.807) is 13.2 Å². The predicted molar refractivity (Wildman–Crippen MR) is 55.3 cm³/mol. The molecule has 0 aliphatic rings. The van der Waals surface area contributed by atoms with Gasteiger partial charge in [0.15, 0.2) is 0 Å². The van der Waals surface area contributed by atoms with Crippen LogP contribution >= 0.6 is 12.6 Å². The number of hydrogen-bond donors (Lipinski definition) is 2. The fraction of sp³-hybridized carbons (Fsp3) is 0.333. The fourth-order valence-corrected chi connectivity index (χ4v) is 1.12. The Balaban J connectivity index is 2.81. The molecule has 1 aromatic rings. The molecular formula is C9H12FNOS.